The number of rotatable bonds is 0. The maximum absolute atomic E-state index is 3.98. The van der Waals surface area contributed by atoms with Crippen LogP contribution in [0, 0.1) is 0 Å². The largest absolute Gasteiger partial charge is 0.303 e. The molecule has 1 N–H and O–H groups in total. The van der Waals surface area contributed by atoms with Gasteiger partial charge in [-0.2, -0.15) is 0 Å². The molecular weight excluding hydrogens is 126 g/mol. The maximum atomic E-state index is 3.98. The van der Waals surface area contributed by atoms with Crippen molar-refractivity contribution in [1.82, 2.24) is 10.4 Å². The summed E-state index contributed by atoms with van der Waals surface area (Å²) in [6.45, 7) is 6.35. The van der Waals surface area contributed by atoms with Gasteiger partial charge in [-0.15, -0.1) is 0 Å². The predicted octanol–water partition coefficient (Wildman–Crippen LogP) is 1.10. The molecule has 3 nitrogen and oxygen atoms in total. The fourth-order valence-electron chi connectivity index (χ4n) is 0.662. The Balaban J connectivity index is 2.60. The molecule has 1 aliphatic rings. The van der Waals surface area contributed by atoms with Crippen molar-refractivity contribution in [3.05, 3.63) is 12.4 Å². The normalized spacial score (nSPS) is 17.3. The molecule has 0 saturated heterocycles. The van der Waals surface area contributed by atoms with Gasteiger partial charge in [0.05, 0.1) is 5.54 Å². The molecule has 3 heteroatoms. The highest BCUT2D eigenvalue weighted by molar-refractivity contribution is 5.57. The molecule has 1 aliphatic heterocycles. The highest BCUT2D eigenvalue weighted by Crippen LogP contribution is 2.08. The van der Waals surface area contributed by atoms with E-state index in [9.17, 15) is 0 Å². The van der Waals surface area contributed by atoms with Crippen molar-refractivity contribution in [2.75, 3.05) is 0 Å². The van der Waals surface area contributed by atoms with E-state index in [1.165, 1.54) is 0 Å². The second-order valence-electron chi connectivity index (χ2n) is 3.25. The first-order chi connectivity index (χ1) is 4.61. The molecule has 0 radical (unpaired) electrons. The van der Waals surface area contributed by atoms with Crippen LogP contribution in [0.3, 0.4) is 0 Å². The fourth-order valence-corrected chi connectivity index (χ4v) is 0.662. The van der Waals surface area contributed by atoms with E-state index in [2.05, 4.69) is 31.2 Å². The Hall–Kier alpha value is -0.990. The van der Waals surface area contributed by atoms with E-state index in [0.717, 1.165) is 0 Å². The smallest absolute Gasteiger partial charge is 0.110 e. The van der Waals surface area contributed by atoms with E-state index in [4.69, 9.17) is 0 Å². The van der Waals surface area contributed by atoms with Gasteiger partial charge in [0.1, 0.15) is 6.34 Å². The molecule has 0 aromatic heterocycles. The molecule has 0 spiro atoms. The summed E-state index contributed by atoms with van der Waals surface area (Å²) in [5, 5.41) is 1.95. The van der Waals surface area contributed by atoms with Crippen LogP contribution in [0.1, 0.15) is 20.8 Å². The van der Waals surface area contributed by atoms with Gasteiger partial charge < -0.3 is 5.43 Å². The van der Waals surface area contributed by atoms with Crippen LogP contribution in [-0.2, 0) is 0 Å². The van der Waals surface area contributed by atoms with Crippen molar-refractivity contribution in [2.45, 2.75) is 26.3 Å². The van der Waals surface area contributed by atoms with Gasteiger partial charge in [0.15, 0.2) is 0 Å². The fraction of sp³-hybridized carbons (Fsp3) is 0.571. The SMILES string of the molecule is CC(C)(C)N1C=NC=CN1. The van der Waals surface area contributed by atoms with E-state index in [1.807, 2.05) is 11.2 Å². The van der Waals surface area contributed by atoms with Gasteiger partial charge in [0.25, 0.3) is 0 Å². The summed E-state index contributed by atoms with van der Waals surface area (Å²) >= 11 is 0. The van der Waals surface area contributed by atoms with Crippen LogP contribution in [0.25, 0.3) is 0 Å². The second kappa shape index (κ2) is 2.33. The van der Waals surface area contributed by atoms with Crippen LogP contribution < -0.4 is 5.43 Å². The summed E-state index contributed by atoms with van der Waals surface area (Å²) in [6, 6.07) is 0. The summed E-state index contributed by atoms with van der Waals surface area (Å²) in [7, 11) is 0. The van der Waals surface area contributed by atoms with Crippen LogP contribution in [0.15, 0.2) is 17.4 Å². The predicted molar refractivity (Wildman–Crippen MR) is 42.4 cm³/mol. The molecule has 56 valence electrons. The molecule has 0 aromatic rings. The Morgan fingerprint density at radius 1 is 1.40 bits per heavy atom. The van der Waals surface area contributed by atoms with Gasteiger partial charge in [0.2, 0.25) is 0 Å². The van der Waals surface area contributed by atoms with Gasteiger partial charge in [0, 0.05) is 12.4 Å². The molecule has 10 heavy (non-hydrogen) atoms. The third-order valence-corrected chi connectivity index (χ3v) is 1.28. The molecule has 1 rings (SSSR count). The molecule has 0 fully saturated rings. The lowest BCUT2D eigenvalue weighted by atomic mass is 10.1. The molecule has 1 heterocycles. The highest BCUT2D eigenvalue weighted by Gasteiger charge is 2.17. The number of hydrogen-bond acceptors (Lipinski definition) is 3. The Morgan fingerprint density at radius 3 is 2.40 bits per heavy atom. The summed E-state index contributed by atoms with van der Waals surface area (Å²) < 4.78 is 0. The van der Waals surface area contributed by atoms with Crippen molar-refractivity contribution < 1.29 is 0 Å². The first-order valence-corrected chi connectivity index (χ1v) is 3.34. The van der Waals surface area contributed by atoms with Crippen LogP contribution in [0.5, 0.6) is 0 Å². The van der Waals surface area contributed by atoms with Crippen molar-refractivity contribution in [3.8, 4) is 0 Å². The Morgan fingerprint density at radius 2 is 2.10 bits per heavy atom. The van der Waals surface area contributed by atoms with E-state index in [1.54, 1.807) is 12.5 Å². The lowest BCUT2D eigenvalue weighted by Crippen LogP contribution is -2.48. The Kier molecular flexibility index (Phi) is 1.66. The molecular formula is C7H13N3. The lowest BCUT2D eigenvalue weighted by Gasteiger charge is -2.34. The molecule has 0 unspecified atom stereocenters. The first-order valence-electron chi connectivity index (χ1n) is 3.34. The number of hydrazine groups is 1. The first kappa shape index (κ1) is 7.12. The van der Waals surface area contributed by atoms with Gasteiger partial charge in [-0.1, -0.05) is 0 Å². The van der Waals surface area contributed by atoms with E-state index < -0.39 is 0 Å². The summed E-state index contributed by atoms with van der Waals surface area (Å²) in [4.78, 5) is 3.98. The Labute approximate surface area is 61.4 Å². The quantitative estimate of drug-likeness (QED) is 0.544. The van der Waals surface area contributed by atoms with Crippen molar-refractivity contribution >= 4 is 6.34 Å². The zero-order valence-corrected chi connectivity index (χ0v) is 6.63. The number of aliphatic imine (C=N–C) groups is 1. The highest BCUT2D eigenvalue weighted by atomic mass is 15.5. The number of nitrogens with zero attached hydrogens (tertiary/aromatic N) is 2. The molecule has 0 atom stereocenters. The van der Waals surface area contributed by atoms with Crippen LogP contribution >= 0.6 is 0 Å². The van der Waals surface area contributed by atoms with Crippen molar-refractivity contribution in [2.24, 2.45) is 4.99 Å². The monoisotopic (exact) mass is 139 g/mol. The standard InChI is InChI=1S/C7H13N3/c1-7(2,3)10-6-8-4-5-9-10/h4-6,9H,1-3H3. The van der Waals surface area contributed by atoms with Crippen LogP contribution in [0.4, 0.5) is 0 Å². The molecule has 0 amide bonds. The third-order valence-electron chi connectivity index (χ3n) is 1.28. The van der Waals surface area contributed by atoms with Crippen molar-refractivity contribution in [1.29, 1.82) is 0 Å². The zero-order valence-electron chi connectivity index (χ0n) is 6.63. The molecule has 0 aliphatic carbocycles. The average molecular weight is 139 g/mol. The van der Waals surface area contributed by atoms with E-state index in [-0.39, 0.29) is 5.54 Å². The minimum Gasteiger partial charge on any atom is -0.303 e. The summed E-state index contributed by atoms with van der Waals surface area (Å²) in [5.41, 5.74) is 3.15. The van der Waals surface area contributed by atoms with Crippen LogP contribution in [-0.4, -0.2) is 16.9 Å². The minimum atomic E-state index is 0.0915. The lowest BCUT2D eigenvalue weighted by molar-refractivity contribution is 0.199. The molecule has 0 saturated carbocycles. The third kappa shape index (κ3) is 1.50. The summed E-state index contributed by atoms with van der Waals surface area (Å²) in [6.07, 6.45) is 5.31. The zero-order chi connectivity index (χ0) is 7.61. The Bertz CT molecular complexity index is 164. The topological polar surface area (TPSA) is 27.6 Å². The van der Waals surface area contributed by atoms with Crippen molar-refractivity contribution in [3.63, 3.8) is 0 Å². The maximum Gasteiger partial charge on any atom is 0.110 e. The average Bonchev–Trinajstić information content (AvgIpc) is 1.88. The van der Waals surface area contributed by atoms with Gasteiger partial charge in [-0.3, -0.25) is 5.01 Å². The van der Waals surface area contributed by atoms with Gasteiger partial charge in [-0.25, -0.2) is 4.99 Å². The second-order valence-corrected chi connectivity index (χ2v) is 3.25. The van der Waals surface area contributed by atoms with E-state index in [0.29, 0.717) is 0 Å². The minimum absolute atomic E-state index is 0.0915. The number of hydrogen-bond donors (Lipinski definition) is 1. The molecule has 0 bridgehead atoms. The van der Waals surface area contributed by atoms with E-state index >= 15 is 0 Å². The van der Waals surface area contributed by atoms with Gasteiger partial charge in [-0.05, 0) is 20.8 Å². The van der Waals surface area contributed by atoms with Gasteiger partial charge >= 0.3 is 0 Å². The number of nitrogens with one attached hydrogen (secondary N) is 1. The molecule has 0 aromatic carbocycles. The van der Waals surface area contributed by atoms with Crippen LogP contribution in [0.2, 0.25) is 0 Å². The summed E-state index contributed by atoms with van der Waals surface area (Å²) in [5.74, 6) is 0.